The lowest BCUT2D eigenvalue weighted by molar-refractivity contribution is 0.0747. The zero-order valence-electron chi connectivity index (χ0n) is 10.00. The van der Waals surface area contributed by atoms with E-state index in [2.05, 4.69) is 0 Å². The van der Waals surface area contributed by atoms with Crippen LogP contribution in [0.15, 0.2) is 18.2 Å². The Balaban J connectivity index is 2.03. The molecule has 1 amide bonds. The van der Waals surface area contributed by atoms with Crippen LogP contribution in [-0.4, -0.2) is 29.8 Å². The van der Waals surface area contributed by atoms with Gasteiger partial charge in [-0.15, -0.1) is 11.6 Å². The van der Waals surface area contributed by atoms with Gasteiger partial charge in [0.2, 0.25) is 0 Å². The Morgan fingerprint density at radius 2 is 2.06 bits per heavy atom. The number of halogens is 3. The molecular weight excluding hydrogens is 293 g/mol. The summed E-state index contributed by atoms with van der Waals surface area (Å²) in [5.41, 5.74) is 0.452. The zero-order chi connectivity index (χ0) is 13.3. The van der Waals surface area contributed by atoms with E-state index in [0.29, 0.717) is 28.1 Å². The van der Waals surface area contributed by atoms with E-state index in [1.165, 1.54) is 0 Å². The van der Waals surface area contributed by atoms with Crippen LogP contribution >= 0.6 is 34.8 Å². The quantitative estimate of drug-likeness (QED) is 0.770. The first kappa shape index (κ1) is 14.0. The smallest absolute Gasteiger partial charge is 0.255 e. The summed E-state index contributed by atoms with van der Waals surface area (Å²) in [4.78, 5) is 13.9. The summed E-state index contributed by atoms with van der Waals surface area (Å²) in [6, 6.07) is 4.92. The number of rotatable bonds is 3. The summed E-state index contributed by atoms with van der Waals surface area (Å²) < 4.78 is 0. The summed E-state index contributed by atoms with van der Waals surface area (Å²) in [5, 5.41) is 1.22. The number of carbonyl (C=O) groups is 1. The van der Waals surface area contributed by atoms with Crippen molar-refractivity contribution in [1.29, 1.82) is 0 Å². The first-order valence-corrected chi connectivity index (χ1v) is 7.01. The van der Waals surface area contributed by atoms with Crippen LogP contribution in [0, 0.1) is 5.92 Å². The van der Waals surface area contributed by atoms with Crippen molar-refractivity contribution in [1.82, 2.24) is 4.90 Å². The van der Waals surface area contributed by atoms with Gasteiger partial charge in [0, 0.05) is 24.0 Å². The molecular formula is C13H14Cl3NO. The van der Waals surface area contributed by atoms with Crippen LogP contribution in [0.3, 0.4) is 0 Å². The standard InChI is InChI=1S/C13H14Cl3NO/c1-17(7-8-4-10(15)5-8)13(18)11-6-9(14)2-3-12(11)16/h2-3,6,8,10H,4-5,7H2,1H3. The average molecular weight is 307 g/mol. The number of benzene rings is 1. The van der Waals surface area contributed by atoms with Gasteiger partial charge in [0.15, 0.2) is 0 Å². The van der Waals surface area contributed by atoms with Gasteiger partial charge in [0.25, 0.3) is 5.91 Å². The molecule has 1 fully saturated rings. The molecule has 1 aliphatic carbocycles. The maximum Gasteiger partial charge on any atom is 0.255 e. The molecule has 1 aromatic rings. The van der Waals surface area contributed by atoms with Crippen LogP contribution in [0.1, 0.15) is 23.2 Å². The molecule has 0 saturated heterocycles. The summed E-state index contributed by atoms with van der Waals surface area (Å²) in [7, 11) is 1.78. The van der Waals surface area contributed by atoms with Crippen LogP contribution in [0.25, 0.3) is 0 Å². The van der Waals surface area contributed by atoms with E-state index < -0.39 is 0 Å². The third-order valence-electron chi connectivity index (χ3n) is 3.22. The Hall–Kier alpha value is -0.440. The van der Waals surface area contributed by atoms with Gasteiger partial charge in [0.05, 0.1) is 10.6 Å². The summed E-state index contributed by atoms with van der Waals surface area (Å²) in [6.45, 7) is 0.713. The molecule has 98 valence electrons. The van der Waals surface area contributed by atoms with Gasteiger partial charge in [-0.05, 0) is 37.0 Å². The molecule has 1 aliphatic rings. The second-order valence-electron chi connectivity index (χ2n) is 4.74. The van der Waals surface area contributed by atoms with E-state index in [1.54, 1.807) is 30.1 Å². The molecule has 5 heteroatoms. The maximum absolute atomic E-state index is 12.2. The number of amides is 1. The van der Waals surface area contributed by atoms with Crippen molar-refractivity contribution >= 4 is 40.7 Å². The van der Waals surface area contributed by atoms with Gasteiger partial charge in [-0.25, -0.2) is 0 Å². The Bertz CT molecular complexity index is 458. The lowest BCUT2D eigenvalue weighted by Crippen LogP contribution is -2.38. The van der Waals surface area contributed by atoms with Crippen LogP contribution in [0.4, 0.5) is 0 Å². The molecule has 0 heterocycles. The Morgan fingerprint density at radius 3 is 2.67 bits per heavy atom. The monoisotopic (exact) mass is 305 g/mol. The van der Waals surface area contributed by atoms with Crippen molar-refractivity contribution < 1.29 is 4.79 Å². The van der Waals surface area contributed by atoms with Crippen molar-refractivity contribution in [2.75, 3.05) is 13.6 Å². The van der Waals surface area contributed by atoms with Crippen molar-refractivity contribution in [3.8, 4) is 0 Å². The molecule has 0 atom stereocenters. The predicted molar refractivity (Wildman–Crippen MR) is 75.8 cm³/mol. The fourth-order valence-corrected chi connectivity index (χ4v) is 3.02. The highest BCUT2D eigenvalue weighted by atomic mass is 35.5. The third kappa shape index (κ3) is 3.11. The molecule has 0 radical (unpaired) electrons. The number of nitrogens with zero attached hydrogens (tertiary/aromatic N) is 1. The van der Waals surface area contributed by atoms with Crippen molar-refractivity contribution in [2.45, 2.75) is 18.2 Å². The third-order valence-corrected chi connectivity index (χ3v) is 4.14. The van der Waals surface area contributed by atoms with Crippen molar-refractivity contribution in [2.24, 2.45) is 5.92 Å². The van der Waals surface area contributed by atoms with Crippen LogP contribution in [0.2, 0.25) is 10.0 Å². The molecule has 1 saturated carbocycles. The predicted octanol–water partition coefficient (Wildman–Crippen LogP) is 4.08. The molecule has 0 spiro atoms. The fraction of sp³-hybridized carbons (Fsp3) is 0.462. The Morgan fingerprint density at radius 1 is 1.39 bits per heavy atom. The number of alkyl halides is 1. The van der Waals surface area contributed by atoms with Gasteiger partial charge >= 0.3 is 0 Å². The molecule has 0 N–H and O–H groups in total. The molecule has 0 aliphatic heterocycles. The highest BCUT2D eigenvalue weighted by molar-refractivity contribution is 6.35. The first-order chi connectivity index (χ1) is 8.47. The minimum atomic E-state index is -0.0967. The summed E-state index contributed by atoms with van der Waals surface area (Å²) >= 11 is 17.8. The second kappa shape index (κ2) is 5.68. The summed E-state index contributed by atoms with van der Waals surface area (Å²) in [6.07, 6.45) is 1.95. The van der Waals surface area contributed by atoms with Crippen LogP contribution in [-0.2, 0) is 0 Å². The minimum absolute atomic E-state index is 0.0967. The molecule has 2 nitrogen and oxygen atoms in total. The van der Waals surface area contributed by atoms with E-state index in [-0.39, 0.29) is 11.3 Å². The maximum atomic E-state index is 12.2. The van der Waals surface area contributed by atoms with Crippen molar-refractivity contribution in [3.05, 3.63) is 33.8 Å². The van der Waals surface area contributed by atoms with Gasteiger partial charge in [-0.3, -0.25) is 4.79 Å². The topological polar surface area (TPSA) is 20.3 Å². The Labute approximate surface area is 122 Å². The number of hydrogen-bond donors (Lipinski definition) is 0. The normalized spacial score (nSPS) is 22.4. The van der Waals surface area contributed by atoms with Gasteiger partial charge < -0.3 is 4.90 Å². The number of carbonyl (C=O) groups excluding carboxylic acids is 1. The molecule has 1 aromatic carbocycles. The SMILES string of the molecule is CN(CC1CC(Cl)C1)C(=O)c1cc(Cl)ccc1Cl. The van der Waals surface area contributed by atoms with Gasteiger partial charge in [0.1, 0.15) is 0 Å². The van der Waals surface area contributed by atoms with Crippen LogP contribution < -0.4 is 0 Å². The van der Waals surface area contributed by atoms with Gasteiger partial charge in [-0.1, -0.05) is 23.2 Å². The Kier molecular flexibility index (Phi) is 4.41. The van der Waals surface area contributed by atoms with E-state index in [4.69, 9.17) is 34.8 Å². The average Bonchev–Trinajstić information content (AvgIpc) is 2.29. The lowest BCUT2D eigenvalue weighted by atomic mass is 9.84. The highest BCUT2D eigenvalue weighted by Crippen LogP contribution is 2.32. The van der Waals surface area contributed by atoms with E-state index in [0.717, 1.165) is 12.8 Å². The van der Waals surface area contributed by atoms with E-state index >= 15 is 0 Å². The first-order valence-electron chi connectivity index (χ1n) is 5.82. The molecule has 18 heavy (non-hydrogen) atoms. The fourth-order valence-electron chi connectivity index (χ4n) is 2.14. The molecule has 0 bridgehead atoms. The van der Waals surface area contributed by atoms with E-state index in [1.807, 2.05) is 0 Å². The minimum Gasteiger partial charge on any atom is -0.341 e. The lowest BCUT2D eigenvalue weighted by Gasteiger charge is -2.34. The van der Waals surface area contributed by atoms with E-state index in [9.17, 15) is 4.79 Å². The molecule has 2 rings (SSSR count). The number of hydrogen-bond acceptors (Lipinski definition) is 1. The van der Waals surface area contributed by atoms with Gasteiger partial charge in [-0.2, -0.15) is 0 Å². The molecule has 0 aromatic heterocycles. The highest BCUT2D eigenvalue weighted by Gasteiger charge is 2.29. The molecule has 0 unspecified atom stereocenters. The largest absolute Gasteiger partial charge is 0.341 e. The zero-order valence-corrected chi connectivity index (χ0v) is 12.3. The van der Waals surface area contributed by atoms with Crippen molar-refractivity contribution in [3.63, 3.8) is 0 Å². The second-order valence-corrected chi connectivity index (χ2v) is 6.21. The summed E-state index contributed by atoms with van der Waals surface area (Å²) in [5.74, 6) is 0.403. The van der Waals surface area contributed by atoms with Crippen LogP contribution in [0.5, 0.6) is 0 Å².